The highest BCUT2D eigenvalue weighted by Crippen LogP contribution is 2.37. The van der Waals surface area contributed by atoms with Crippen LogP contribution in [0.15, 0.2) is 41.1 Å². The molecule has 0 N–H and O–H groups in total. The van der Waals surface area contributed by atoms with Gasteiger partial charge in [0.1, 0.15) is 6.10 Å². The van der Waals surface area contributed by atoms with E-state index in [0.717, 1.165) is 24.8 Å². The summed E-state index contributed by atoms with van der Waals surface area (Å²) in [6.07, 6.45) is 3.83. The molecule has 160 valence electrons. The van der Waals surface area contributed by atoms with Crippen molar-refractivity contribution in [2.24, 2.45) is 5.41 Å². The fourth-order valence-electron chi connectivity index (χ4n) is 4.70. The molecular weight excluding hydrogens is 396 g/mol. The van der Waals surface area contributed by atoms with E-state index in [-0.39, 0.29) is 17.9 Å². The van der Waals surface area contributed by atoms with Crippen molar-refractivity contribution in [3.8, 4) is 11.1 Å². The first-order chi connectivity index (χ1) is 14.5. The van der Waals surface area contributed by atoms with E-state index in [1.54, 1.807) is 30.3 Å². The van der Waals surface area contributed by atoms with Crippen LogP contribution in [0.1, 0.15) is 31.2 Å². The number of thiophene rings is 1. The molecule has 0 bridgehead atoms. The lowest BCUT2D eigenvalue weighted by atomic mass is 9.79. The van der Waals surface area contributed by atoms with Crippen LogP contribution >= 0.6 is 11.3 Å². The van der Waals surface area contributed by atoms with Crippen LogP contribution in [0, 0.1) is 5.41 Å². The Hall–Kier alpha value is -2.18. The zero-order chi connectivity index (χ0) is 21.1. The monoisotopic (exact) mass is 426 g/mol. The predicted molar refractivity (Wildman–Crippen MR) is 119 cm³/mol. The minimum atomic E-state index is -0.572. The molecule has 2 amide bonds. The van der Waals surface area contributed by atoms with Crippen molar-refractivity contribution in [3.63, 3.8) is 0 Å². The summed E-state index contributed by atoms with van der Waals surface area (Å²) in [6, 6.07) is 10.6. The number of nitrogens with zero attached hydrogens (tertiary/aromatic N) is 2. The molecule has 30 heavy (non-hydrogen) atoms. The molecule has 1 aromatic heterocycles. The van der Waals surface area contributed by atoms with E-state index in [1.165, 1.54) is 11.1 Å². The number of amides is 2. The molecule has 2 aliphatic rings. The maximum Gasteiger partial charge on any atom is 0.251 e. The van der Waals surface area contributed by atoms with Gasteiger partial charge in [0.2, 0.25) is 5.91 Å². The fraction of sp³-hybridized carbons (Fsp3) is 0.500. The van der Waals surface area contributed by atoms with Crippen LogP contribution in [0.5, 0.6) is 0 Å². The van der Waals surface area contributed by atoms with Crippen molar-refractivity contribution in [1.29, 1.82) is 0 Å². The van der Waals surface area contributed by atoms with Gasteiger partial charge in [-0.3, -0.25) is 9.59 Å². The quantitative estimate of drug-likeness (QED) is 0.730. The first kappa shape index (κ1) is 21.1. The van der Waals surface area contributed by atoms with E-state index in [9.17, 15) is 9.59 Å². The Morgan fingerprint density at radius 3 is 2.60 bits per heavy atom. The number of carbonyl (C=O) groups is 2. The molecule has 1 aromatic carbocycles. The molecule has 0 radical (unpaired) electrons. The minimum Gasteiger partial charge on any atom is -0.368 e. The molecule has 0 spiro atoms. The second-order valence-corrected chi connectivity index (χ2v) is 9.51. The number of benzene rings is 1. The molecule has 2 fully saturated rings. The summed E-state index contributed by atoms with van der Waals surface area (Å²) in [5.41, 5.74) is 2.96. The van der Waals surface area contributed by atoms with Crippen molar-refractivity contribution in [2.45, 2.75) is 38.2 Å². The Balaban J connectivity index is 1.52. The van der Waals surface area contributed by atoms with Crippen LogP contribution in [-0.2, 0) is 20.7 Å². The van der Waals surface area contributed by atoms with Gasteiger partial charge in [-0.15, -0.1) is 0 Å². The summed E-state index contributed by atoms with van der Waals surface area (Å²) < 4.78 is 5.71. The molecule has 2 aliphatic heterocycles. The van der Waals surface area contributed by atoms with Crippen LogP contribution in [-0.4, -0.2) is 61.5 Å². The van der Waals surface area contributed by atoms with Gasteiger partial charge in [-0.1, -0.05) is 24.3 Å². The van der Waals surface area contributed by atoms with Gasteiger partial charge in [0.05, 0.1) is 5.41 Å². The second-order valence-electron chi connectivity index (χ2n) is 8.73. The lowest BCUT2D eigenvalue weighted by Crippen LogP contribution is -2.46. The standard InChI is InChI=1S/C24H30N2O3S/c1-25(2)23(28)24(11-12-26(17-24)22(27)21-5-3-4-13-29-21)15-18-6-8-19(9-7-18)20-10-14-30-16-20/h6-10,14,16,21H,3-5,11-13,15,17H2,1-2H3. The Kier molecular flexibility index (Phi) is 6.25. The third kappa shape index (κ3) is 4.30. The molecule has 0 aliphatic carbocycles. The Morgan fingerprint density at radius 1 is 1.17 bits per heavy atom. The maximum atomic E-state index is 13.2. The van der Waals surface area contributed by atoms with E-state index >= 15 is 0 Å². The van der Waals surface area contributed by atoms with Crippen molar-refractivity contribution in [2.75, 3.05) is 33.8 Å². The number of hydrogen-bond acceptors (Lipinski definition) is 4. The minimum absolute atomic E-state index is 0.0518. The summed E-state index contributed by atoms with van der Waals surface area (Å²) >= 11 is 1.69. The Morgan fingerprint density at radius 2 is 1.97 bits per heavy atom. The largest absolute Gasteiger partial charge is 0.368 e. The smallest absolute Gasteiger partial charge is 0.251 e. The summed E-state index contributed by atoms with van der Waals surface area (Å²) in [5.74, 6) is 0.153. The summed E-state index contributed by atoms with van der Waals surface area (Å²) in [5, 5.41) is 4.22. The zero-order valence-corrected chi connectivity index (χ0v) is 18.6. The van der Waals surface area contributed by atoms with Gasteiger partial charge >= 0.3 is 0 Å². The Labute approximate surface area is 182 Å². The van der Waals surface area contributed by atoms with Gasteiger partial charge in [0.15, 0.2) is 0 Å². The number of carbonyl (C=O) groups excluding carboxylic acids is 2. The fourth-order valence-corrected chi connectivity index (χ4v) is 5.37. The highest BCUT2D eigenvalue weighted by molar-refractivity contribution is 7.08. The van der Waals surface area contributed by atoms with Crippen LogP contribution in [0.2, 0.25) is 0 Å². The highest BCUT2D eigenvalue weighted by atomic mass is 32.1. The van der Waals surface area contributed by atoms with E-state index in [0.29, 0.717) is 32.5 Å². The first-order valence-electron chi connectivity index (χ1n) is 10.7. The Bertz CT molecular complexity index is 872. The molecule has 3 heterocycles. The normalized spacial score (nSPS) is 24.1. The van der Waals surface area contributed by atoms with Gasteiger partial charge in [-0.2, -0.15) is 11.3 Å². The molecule has 2 atom stereocenters. The topological polar surface area (TPSA) is 49.9 Å². The van der Waals surface area contributed by atoms with Gasteiger partial charge in [0.25, 0.3) is 5.91 Å². The summed E-state index contributed by atoms with van der Waals surface area (Å²) in [4.78, 5) is 29.7. The third-order valence-electron chi connectivity index (χ3n) is 6.33. The molecule has 5 nitrogen and oxygen atoms in total. The summed E-state index contributed by atoms with van der Waals surface area (Å²) in [6.45, 7) is 1.74. The van der Waals surface area contributed by atoms with E-state index in [2.05, 4.69) is 41.1 Å². The molecule has 2 unspecified atom stereocenters. The van der Waals surface area contributed by atoms with Crippen molar-refractivity contribution >= 4 is 23.2 Å². The van der Waals surface area contributed by atoms with Crippen LogP contribution in [0.25, 0.3) is 11.1 Å². The van der Waals surface area contributed by atoms with Gasteiger partial charge < -0.3 is 14.5 Å². The van der Waals surface area contributed by atoms with Crippen molar-refractivity contribution in [1.82, 2.24) is 9.80 Å². The molecule has 2 saturated heterocycles. The van der Waals surface area contributed by atoms with E-state index < -0.39 is 5.41 Å². The van der Waals surface area contributed by atoms with Gasteiger partial charge in [0, 0.05) is 33.8 Å². The first-order valence-corrected chi connectivity index (χ1v) is 11.7. The average molecular weight is 427 g/mol. The zero-order valence-electron chi connectivity index (χ0n) is 17.8. The molecule has 4 rings (SSSR count). The van der Waals surface area contributed by atoms with E-state index in [4.69, 9.17) is 4.74 Å². The van der Waals surface area contributed by atoms with Crippen LogP contribution in [0.4, 0.5) is 0 Å². The molecular formula is C24H30N2O3S. The highest BCUT2D eigenvalue weighted by Gasteiger charge is 2.47. The lowest BCUT2D eigenvalue weighted by molar-refractivity contribution is -0.147. The number of ether oxygens (including phenoxy) is 1. The van der Waals surface area contributed by atoms with Gasteiger partial charge in [-0.05, 0) is 65.6 Å². The van der Waals surface area contributed by atoms with Crippen molar-refractivity contribution in [3.05, 3.63) is 46.7 Å². The van der Waals surface area contributed by atoms with Crippen LogP contribution in [0.3, 0.4) is 0 Å². The molecule has 0 saturated carbocycles. The van der Waals surface area contributed by atoms with Crippen molar-refractivity contribution < 1.29 is 14.3 Å². The maximum absolute atomic E-state index is 13.2. The molecule has 6 heteroatoms. The number of hydrogen-bond donors (Lipinski definition) is 0. The average Bonchev–Trinajstić information content (AvgIpc) is 3.45. The van der Waals surface area contributed by atoms with E-state index in [1.807, 2.05) is 4.90 Å². The number of likely N-dealkylation sites (tertiary alicyclic amines) is 1. The second kappa shape index (κ2) is 8.90. The predicted octanol–water partition coefficient (Wildman–Crippen LogP) is 3.83. The SMILES string of the molecule is CN(C)C(=O)C1(Cc2ccc(-c3ccsc3)cc2)CCN(C(=O)C2CCCCO2)C1. The molecule has 2 aromatic rings. The summed E-state index contributed by atoms with van der Waals surface area (Å²) in [7, 11) is 3.61. The lowest BCUT2D eigenvalue weighted by Gasteiger charge is -2.32. The van der Waals surface area contributed by atoms with Crippen LogP contribution < -0.4 is 0 Å². The third-order valence-corrected chi connectivity index (χ3v) is 7.01. The number of rotatable bonds is 5. The van der Waals surface area contributed by atoms with Gasteiger partial charge in [-0.25, -0.2) is 0 Å².